The summed E-state index contributed by atoms with van der Waals surface area (Å²) in [4.78, 5) is 17.8. The summed E-state index contributed by atoms with van der Waals surface area (Å²) in [6.45, 7) is 6.34. The monoisotopic (exact) mass is 330 g/mol. The zero-order chi connectivity index (χ0) is 14.5. The van der Waals surface area contributed by atoms with Crippen LogP contribution in [0, 0.1) is 0 Å². The van der Waals surface area contributed by atoms with E-state index in [4.69, 9.17) is 9.47 Å². The lowest BCUT2D eigenvalue weighted by molar-refractivity contribution is 0.0569. The Labute approximate surface area is 122 Å². The molecule has 19 heavy (non-hydrogen) atoms. The number of carbonyl (C=O) groups is 1. The Morgan fingerprint density at radius 3 is 2.58 bits per heavy atom. The van der Waals surface area contributed by atoms with Gasteiger partial charge < -0.3 is 9.47 Å². The van der Waals surface area contributed by atoms with Crippen molar-refractivity contribution >= 4 is 27.7 Å². The summed E-state index contributed by atoms with van der Waals surface area (Å²) in [6.07, 6.45) is 1.21. The Bertz CT molecular complexity index is 415. The van der Waals surface area contributed by atoms with Crippen LogP contribution in [0.1, 0.15) is 20.8 Å². The molecule has 0 fully saturated rings. The van der Waals surface area contributed by atoms with Gasteiger partial charge in [0, 0.05) is 7.11 Å². The minimum atomic E-state index is -0.537. The molecule has 0 aromatic carbocycles. The van der Waals surface area contributed by atoms with Crippen molar-refractivity contribution in [3.05, 3.63) is 22.9 Å². The van der Waals surface area contributed by atoms with E-state index in [0.29, 0.717) is 23.4 Å². The van der Waals surface area contributed by atoms with Crippen molar-refractivity contribution in [2.24, 2.45) is 0 Å². The van der Waals surface area contributed by atoms with Crippen LogP contribution in [0.25, 0.3) is 0 Å². The second-order valence-corrected chi connectivity index (χ2v) is 5.78. The third-order valence-electron chi connectivity index (χ3n) is 2.16. The van der Waals surface area contributed by atoms with Gasteiger partial charge >= 0.3 is 6.09 Å². The van der Waals surface area contributed by atoms with E-state index in [2.05, 4.69) is 20.9 Å². The van der Waals surface area contributed by atoms with Crippen LogP contribution in [-0.2, 0) is 9.47 Å². The fourth-order valence-corrected chi connectivity index (χ4v) is 1.59. The summed E-state index contributed by atoms with van der Waals surface area (Å²) in [5, 5.41) is 0. The second-order valence-electron chi connectivity index (χ2n) is 4.96. The van der Waals surface area contributed by atoms with Gasteiger partial charge in [0.25, 0.3) is 0 Å². The van der Waals surface area contributed by atoms with E-state index >= 15 is 0 Å². The molecule has 1 aromatic rings. The molecule has 0 bridgehead atoms. The van der Waals surface area contributed by atoms with Gasteiger partial charge in [-0.1, -0.05) is 0 Å². The number of methoxy groups -OCH3 is 1. The van der Waals surface area contributed by atoms with E-state index in [0.717, 1.165) is 0 Å². The van der Waals surface area contributed by atoms with E-state index in [-0.39, 0.29) is 0 Å². The van der Waals surface area contributed by atoms with Crippen molar-refractivity contribution in [1.82, 2.24) is 4.98 Å². The third kappa shape index (κ3) is 5.57. The number of hydrogen-bond acceptors (Lipinski definition) is 4. The average Bonchev–Trinajstić information content (AvgIpc) is 2.29. The molecule has 0 aliphatic heterocycles. The van der Waals surface area contributed by atoms with Crippen molar-refractivity contribution in [3.63, 3.8) is 0 Å². The van der Waals surface area contributed by atoms with E-state index in [1.807, 2.05) is 20.8 Å². The van der Waals surface area contributed by atoms with Crippen LogP contribution in [-0.4, -0.2) is 36.9 Å². The molecule has 1 heterocycles. The van der Waals surface area contributed by atoms with Crippen LogP contribution < -0.4 is 4.90 Å². The van der Waals surface area contributed by atoms with E-state index in [1.54, 1.807) is 25.4 Å². The summed E-state index contributed by atoms with van der Waals surface area (Å²) in [5.41, 5.74) is 0.139. The number of rotatable bonds is 4. The molecule has 0 N–H and O–H groups in total. The first-order valence-electron chi connectivity index (χ1n) is 5.94. The summed E-state index contributed by atoms with van der Waals surface area (Å²) in [5.74, 6) is 0. The molecule has 1 aromatic heterocycles. The van der Waals surface area contributed by atoms with Crippen LogP contribution in [0.3, 0.4) is 0 Å². The van der Waals surface area contributed by atoms with Gasteiger partial charge in [0.05, 0.1) is 25.0 Å². The summed E-state index contributed by atoms with van der Waals surface area (Å²) >= 11 is 3.26. The number of nitrogens with zero attached hydrogens (tertiary/aromatic N) is 2. The highest BCUT2D eigenvalue weighted by Gasteiger charge is 2.23. The van der Waals surface area contributed by atoms with Gasteiger partial charge in [0.2, 0.25) is 0 Å². The predicted octanol–water partition coefficient (Wildman–Crippen LogP) is 3.23. The average molecular weight is 331 g/mol. The molecular weight excluding hydrogens is 312 g/mol. The number of amides is 1. The molecule has 1 rings (SSSR count). The fraction of sp³-hybridized carbons (Fsp3) is 0.538. The van der Waals surface area contributed by atoms with Gasteiger partial charge in [0.15, 0.2) is 0 Å². The first-order chi connectivity index (χ1) is 8.83. The Balaban J connectivity index is 2.87. The van der Waals surface area contributed by atoms with Crippen molar-refractivity contribution in [2.75, 3.05) is 25.2 Å². The van der Waals surface area contributed by atoms with Crippen LogP contribution in [0.2, 0.25) is 0 Å². The van der Waals surface area contributed by atoms with Crippen molar-refractivity contribution in [2.45, 2.75) is 26.4 Å². The van der Waals surface area contributed by atoms with Crippen LogP contribution >= 0.6 is 15.9 Å². The maximum atomic E-state index is 12.2. The smallest absolute Gasteiger partial charge is 0.414 e. The number of halogens is 1. The largest absolute Gasteiger partial charge is 0.443 e. The highest BCUT2D eigenvalue weighted by atomic mass is 79.9. The van der Waals surface area contributed by atoms with Gasteiger partial charge in [-0.25, -0.2) is 9.78 Å². The van der Waals surface area contributed by atoms with Gasteiger partial charge in [-0.15, -0.1) is 0 Å². The van der Waals surface area contributed by atoms with Gasteiger partial charge in [-0.05, 0) is 48.8 Å². The van der Waals surface area contributed by atoms with Gasteiger partial charge in [-0.2, -0.15) is 0 Å². The molecule has 0 aliphatic carbocycles. The molecule has 5 nitrogen and oxygen atoms in total. The molecule has 0 spiro atoms. The highest BCUT2D eigenvalue weighted by molar-refractivity contribution is 9.10. The maximum absolute atomic E-state index is 12.2. The molecule has 0 saturated carbocycles. The highest BCUT2D eigenvalue weighted by Crippen LogP contribution is 2.19. The topological polar surface area (TPSA) is 51.7 Å². The molecule has 0 aliphatic rings. The fourth-order valence-electron chi connectivity index (χ4n) is 1.35. The van der Waals surface area contributed by atoms with E-state index in [1.165, 1.54) is 4.90 Å². The summed E-state index contributed by atoms with van der Waals surface area (Å²) < 4.78 is 11.1. The molecule has 106 valence electrons. The lowest BCUT2D eigenvalue weighted by atomic mass is 10.2. The van der Waals surface area contributed by atoms with Crippen molar-refractivity contribution in [1.29, 1.82) is 0 Å². The Kier molecular flexibility index (Phi) is 5.75. The van der Waals surface area contributed by atoms with E-state index < -0.39 is 11.7 Å². The summed E-state index contributed by atoms with van der Waals surface area (Å²) in [7, 11) is 1.59. The summed E-state index contributed by atoms with van der Waals surface area (Å²) in [6, 6.07) is 3.58. The minimum Gasteiger partial charge on any atom is -0.443 e. The maximum Gasteiger partial charge on any atom is 0.414 e. The Morgan fingerprint density at radius 2 is 2.11 bits per heavy atom. The molecule has 0 atom stereocenters. The molecule has 0 saturated heterocycles. The Hall–Kier alpha value is -1.14. The normalized spacial score (nSPS) is 11.2. The SMILES string of the molecule is COCCN(C(=O)OC(C)(C)C)c1ccc(Br)nc1. The van der Waals surface area contributed by atoms with Crippen molar-refractivity contribution in [3.8, 4) is 0 Å². The number of ether oxygens (including phenoxy) is 2. The first-order valence-corrected chi connectivity index (χ1v) is 6.74. The van der Waals surface area contributed by atoms with Crippen LogP contribution in [0.4, 0.5) is 10.5 Å². The van der Waals surface area contributed by atoms with Crippen LogP contribution in [0.15, 0.2) is 22.9 Å². The molecule has 6 heteroatoms. The van der Waals surface area contributed by atoms with E-state index in [9.17, 15) is 4.79 Å². The minimum absolute atomic E-state index is 0.409. The first kappa shape index (κ1) is 15.9. The quantitative estimate of drug-likeness (QED) is 0.795. The number of aromatic nitrogens is 1. The van der Waals surface area contributed by atoms with Gasteiger partial charge in [0.1, 0.15) is 10.2 Å². The number of anilines is 1. The number of carbonyl (C=O) groups excluding carboxylic acids is 1. The lowest BCUT2D eigenvalue weighted by Gasteiger charge is -2.27. The zero-order valence-electron chi connectivity index (χ0n) is 11.6. The van der Waals surface area contributed by atoms with Crippen molar-refractivity contribution < 1.29 is 14.3 Å². The third-order valence-corrected chi connectivity index (χ3v) is 2.63. The van der Waals surface area contributed by atoms with Crippen LogP contribution in [0.5, 0.6) is 0 Å². The predicted molar refractivity (Wildman–Crippen MR) is 77.4 cm³/mol. The second kappa shape index (κ2) is 6.86. The molecule has 0 radical (unpaired) electrons. The molecule has 1 amide bonds. The zero-order valence-corrected chi connectivity index (χ0v) is 13.2. The molecule has 0 unspecified atom stereocenters. The Morgan fingerprint density at radius 1 is 1.42 bits per heavy atom. The number of hydrogen-bond donors (Lipinski definition) is 0. The standard InChI is InChI=1S/C13H19BrN2O3/c1-13(2,3)19-12(17)16(7-8-18-4)10-5-6-11(14)15-9-10/h5-6,9H,7-8H2,1-4H3. The lowest BCUT2D eigenvalue weighted by Crippen LogP contribution is -2.38. The number of pyridine rings is 1. The molecular formula is C13H19BrN2O3. The van der Waals surface area contributed by atoms with Gasteiger partial charge in [-0.3, -0.25) is 4.90 Å².